The second-order valence-electron chi connectivity index (χ2n) is 12.9. The summed E-state index contributed by atoms with van der Waals surface area (Å²) >= 11 is 3.55. The van der Waals surface area contributed by atoms with Crippen molar-refractivity contribution < 1.29 is 4.92 Å². The van der Waals surface area contributed by atoms with Crippen LogP contribution in [-0.4, -0.2) is 4.92 Å². The van der Waals surface area contributed by atoms with E-state index in [9.17, 15) is 10.1 Å². The zero-order valence-corrected chi connectivity index (χ0v) is 25.2. The smallest absolute Gasteiger partial charge is 0.258 e. The van der Waals surface area contributed by atoms with Crippen LogP contribution >= 0.6 is 23.5 Å². The molecule has 0 aromatic heterocycles. The number of rotatable bonds is 1. The van der Waals surface area contributed by atoms with Crippen molar-refractivity contribution in [2.24, 2.45) is 0 Å². The van der Waals surface area contributed by atoms with Crippen molar-refractivity contribution in [2.75, 3.05) is 0 Å². The van der Waals surface area contributed by atoms with E-state index in [1.54, 1.807) is 23.5 Å². The Morgan fingerprint density at radius 3 is 1.41 bits per heavy atom. The number of nitro groups is 1. The molecule has 5 heteroatoms. The molecule has 1 heterocycles. The molecule has 0 unspecified atom stereocenters. The van der Waals surface area contributed by atoms with Gasteiger partial charge in [0.15, 0.2) is 0 Å². The molecule has 0 atom stereocenters. The number of thioether (sulfide) groups is 2. The van der Waals surface area contributed by atoms with Crippen LogP contribution in [-0.2, 0) is 33.8 Å². The molecule has 0 fully saturated rings. The highest BCUT2D eigenvalue weighted by Gasteiger charge is 2.27. The molecule has 200 valence electrons. The normalized spacial score (nSPS) is 15.0. The number of benzene rings is 5. The van der Waals surface area contributed by atoms with Gasteiger partial charge in [-0.25, -0.2) is 0 Å². The first-order valence-corrected chi connectivity index (χ1v) is 15.9. The number of nitrogens with zero attached hydrogens (tertiary/aromatic N) is 1. The zero-order valence-electron chi connectivity index (χ0n) is 23.6. The van der Waals surface area contributed by atoms with E-state index in [1.807, 2.05) is 18.2 Å². The molecule has 39 heavy (non-hydrogen) atoms. The van der Waals surface area contributed by atoms with Crippen LogP contribution in [0.5, 0.6) is 0 Å². The van der Waals surface area contributed by atoms with E-state index in [0.717, 1.165) is 22.6 Å². The predicted octanol–water partition coefficient (Wildman–Crippen LogP) is 10.3. The molecule has 3 nitrogen and oxygen atoms in total. The van der Waals surface area contributed by atoms with Crippen molar-refractivity contribution in [2.45, 2.75) is 75.4 Å². The monoisotopic (exact) mass is 553 g/mol. The van der Waals surface area contributed by atoms with E-state index in [0.29, 0.717) is 17.2 Å². The maximum atomic E-state index is 12.2. The third-order valence-corrected chi connectivity index (χ3v) is 10.2. The van der Waals surface area contributed by atoms with Crippen molar-refractivity contribution in [3.8, 4) is 0 Å². The van der Waals surface area contributed by atoms with E-state index in [-0.39, 0.29) is 15.8 Å². The average molecular weight is 554 g/mol. The van der Waals surface area contributed by atoms with Crippen molar-refractivity contribution in [3.63, 3.8) is 0 Å². The highest BCUT2D eigenvalue weighted by atomic mass is 32.2. The van der Waals surface area contributed by atoms with E-state index in [2.05, 4.69) is 77.9 Å². The van der Waals surface area contributed by atoms with Gasteiger partial charge in [-0.3, -0.25) is 10.1 Å². The maximum Gasteiger partial charge on any atom is 0.277 e. The fourth-order valence-electron chi connectivity index (χ4n) is 6.23. The Morgan fingerprint density at radius 2 is 1.03 bits per heavy atom. The van der Waals surface area contributed by atoms with Gasteiger partial charge in [0.25, 0.3) is 5.69 Å². The van der Waals surface area contributed by atoms with Crippen LogP contribution in [0.2, 0.25) is 0 Å². The molecule has 0 saturated carbocycles. The van der Waals surface area contributed by atoms with E-state index in [1.165, 1.54) is 54.6 Å². The molecule has 0 N–H and O–H groups in total. The number of hydrogen-bond acceptors (Lipinski definition) is 4. The van der Waals surface area contributed by atoms with Gasteiger partial charge in [-0.2, -0.15) is 23.5 Å². The van der Waals surface area contributed by atoms with Crippen molar-refractivity contribution >= 4 is 61.5 Å². The predicted molar refractivity (Wildman–Crippen MR) is 171 cm³/mol. The lowest BCUT2D eigenvalue weighted by Crippen LogP contribution is -2.14. The van der Waals surface area contributed by atoms with Gasteiger partial charge in [-0.15, -0.1) is 0 Å². The van der Waals surface area contributed by atoms with Crippen LogP contribution in [0.25, 0.3) is 32.3 Å². The lowest BCUT2D eigenvalue weighted by Gasteiger charge is -2.29. The molecule has 0 aliphatic carbocycles. The lowest BCUT2D eigenvalue weighted by atomic mass is 9.76. The molecule has 8 bridgehead atoms. The first-order chi connectivity index (χ1) is 18.4. The number of hydrogen-bond donors (Lipinski definition) is 0. The van der Waals surface area contributed by atoms with Gasteiger partial charge in [0.1, 0.15) is 0 Å². The highest BCUT2D eigenvalue weighted by molar-refractivity contribution is 7.98. The molecule has 1 aliphatic heterocycles. The summed E-state index contributed by atoms with van der Waals surface area (Å²) < 4.78 is 0. The number of para-hydroxylation sites is 1. The first-order valence-electron chi connectivity index (χ1n) is 13.6. The van der Waals surface area contributed by atoms with Gasteiger partial charge in [-0.1, -0.05) is 84.0 Å². The van der Waals surface area contributed by atoms with Crippen LogP contribution in [0.15, 0.2) is 54.6 Å². The van der Waals surface area contributed by atoms with E-state index in [4.69, 9.17) is 0 Å². The molecule has 1 aliphatic rings. The topological polar surface area (TPSA) is 43.1 Å². The molecular formula is C34H35NO2S2. The molecular weight excluding hydrogens is 519 g/mol. The van der Waals surface area contributed by atoms with Crippen molar-refractivity contribution in [1.82, 2.24) is 0 Å². The Morgan fingerprint density at radius 1 is 0.615 bits per heavy atom. The lowest BCUT2D eigenvalue weighted by molar-refractivity contribution is -0.386. The molecule has 0 radical (unpaired) electrons. The standard InChI is InChI=1S/C34H35NO2S2/c1-33(2,3)28-14-26-20-11-13-25-29(34(4,5)6)15-27-21(10-12-24(28)30(27)31(25)26)17-39-19-23-9-7-8-22(18-38-16-20)32(23)35(36)37/h7-15H,16-19H2,1-6H3. The maximum absolute atomic E-state index is 12.2. The SMILES string of the molecule is CC(C)(C)c1cc2c3ccc4c(C(C)(C)C)cc5c(ccc1c5c24)CSCc1cccc(c1[N+](=O)[O-])CSC3. The Kier molecular flexibility index (Phi) is 6.39. The number of fused-ring (bicyclic) bond motifs is 2. The van der Waals surface area contributed by atoms with Gasteiger partial charge < -0.3 is 0 Å². The van der Waals surface area contributed by atoms with Gasteiger partial charge in [0, 0.05) is 34.1 Å². The summed E-state index contributed by atoms with van der Waals surface area (Å²) in [6.07, 6.45) is 0. The molecule has 5 aromatic rings. The van der Waals surface area contributed by atoms with Crippen LogP contribution < -0.4 is 0 Å². The Balaban J connectivity index is 1.70. The summed E-state index contributed by atoms with van der Waals surface area (Å²) in [7, 11) is 0. The fraction of sp³-hybridized carbons (Fsp3) is 0.353. The second kappa shape index (κ2) is 9.42. The Labute approximate surface area is 239 Å². The summed E-state index contributed by atoms with van der Waals surface area (Å²) in [4.78, 5) is 12.0. The van der Waals surface area contributed by atoms with Gasteiger partial charge in [0.2, 0.25) is 0 Å². The third kappa shape index (κ3) is 4.48. The Bertz CT molecular complexity index is 1640. The van der Waals surface area contributed by atoms with Crippen molar-refractivity contribution in [1.29, 1.82) is 0 Å². The van der Waals surface area contributed by atoms with Crippen LogP contribution in [0, 0.1) is 10.1 Å². The highest BCUT2D eigenvalue weighted by Crippen LogP contribution is 2.47. The van der Waals surface area contributed by atoms with Crippen molar-refractivity contribution in [3.05, 3.63) is 98.1 Å². The summed E-state index contributed by atoms with van der Waals surface area (Å²) in [6.45, 7) is 13.9. The Hall–Kier alpha value is -2.76. The third-order valence-electron chi connectivity index (χ3n) is 8.11. The quantitative estimate of drug-likeness (QED) is 0.118. The van der Waals surface area contributed by atoms with Crippen LogP contribution in [0.4, 0.5) is 5.69 Å². The molecule has 0 amide bonds. The van der Waals surface area contributed by atoms with Crippen LogP contribution in [0.3, 0.4) is 0 Å². The molecule has 0 spiro atoms. The minimum atomic E-state index is -0.181. The van der Waals surface area contributed by atoms with Gasteiger partial charge in [0.05, 0.1) is 4.92 Å². The summed E-state index contributed by atoms with van der Waals surface area (Å²) in [5.74, 6) is 2.87. The summed E-state index contributed by atoms with van der Waals surface area (Å²) in [6, 6.07) is 20.0. The average Bonchev–Trinajstić information content (AvgIpc) is 2.86. The first kappa shape index (κ1) is 26.5. The van der Waals surface area contributed by atoms with Gasteiger partial charge >= 0.3 is 0 Å². The largest absolute Gasteiger partial charge is 0.277 e. The van der Waals surface area contributed by atoms with Crippen LogP contribution in [0.1, 0.15) is 74.9 Å². The number of nitro benzene ring substituents is 1. The fourth-order valence-corrected chi connectivity index (χ4v) is 8.29. The van der Waals surface area contributed by atoms with E-state index >= 15 is 0 Å². The molecule has 6 rings (SSSR count). The van der Waals surface area contributed by atoms with E-state index < -0.39 is 0 Å². The minimum Gasteiger partial charge on any atom is -0.258 e. The summed E-state index contributed by atoms with van der Waals surface area (Å²) in [5.41, 5.74) is 7.30. The minimum absolute atomic E-state index is 0.00115. The zero-order chi connectivity index (χ0) is 27.7. The van der Waals surface area contributed by atoms with Gasteiger partial charge in [-0.05, 0) is 77.5 Å². The summed E-state index contributed by atoms with van der Waals surface area (Å²) in [5, 5.41) is 20.3. The molecule has 5 aromatic carbocycles. The second-order valence-corrected chi connectivity index (χ2v) is 14.9. The molecule has 0 saturated heterocycles.